The topological polar surface area (TPSA) is 68.7 Å². The molecule has 0 spiro atoms. The molecule has 2 heterocycles. The number of aromatic nitrogens is 2. The number of benzene rings is 2. The number of methoxy groups -OCH3 is 2. The molecule has 7 heteroatoms. The normalized spacial score (nSPS) is 14.1. The Morgan fingerprint density at radius 2 is 1.82 bits per heavy atom. The van der Waals surface area contributed by atoms with Crippen molar-refractivity contribution in [3.63, 3.8) is 0 Å². The van der Waals surface area contributed by atoms with Crippen molar-refractivity contribution in [2.75, 3.05) is 50.7 Å². The number of nitrogens with one attached hydrogen (secondary N) is 1. The van der Waals surface area contributed by atoms with Gasteiger partial charge in [-0.05, 0) is 18.2 Å². The molecule has 1 aliphatic heterocycles. The molecule has 7 nitrogen and oxygen atoms in total. The summed E-state index contributed by atoms with van der Waals surface area (Å²) in [5.41, 5.74) is 1.91. The van der Waals surface area contributed by atoms with Gasteiger partial charge in [0.2, 0.25) is 5.95 Å². The maximum atomic E-state index is 5.54. The van der Waals surface area contributed by atoms with Gasteiger partial charge in [-0.2, -0.15) is 4.98 Å². The largest absolute Gasteiger partial charge is 0.493 e. The summed E-state index contributed by atoms with van der Waals surface area (Å²) in [4.78, 5) is 11.7. The molecule has 2 aromatic carbocycles. The Bertz CT molecular complexity index is 958. The van der Waals surface area contributed by atoms with Gasteiger partial charge in [0, 0.05) is 30.6 Å². The summed E-state index contributed by atoms with van der Waals surface area (Å²) >= 11 is 0. The van der Waals surface area contributed by atoms with Crippen molar-refractivity contribution < 1.29 is 14.2 Å². The van der Waals surface area contributed by atoms with Crippen LogP contribution in [0.25, 0.3) is 10.9 Å². The number of anilines is 2. The van der Waals surface area contributed by atoms with Crippen LogP contribution in [0, 0.1) is 0 Å². The molecule has 1 aliphatic rings. The Morgan fingerprint density at radius 3 is 2.61 bits per heavy atom. The van der Waals surface area contributed by atoms with Crippen molar-refractivity contribution in [3.05, 3.63) is 48.0 Å². The first-order chi connectivity index (χ1) is 13.8. The third-order valence-electron chi connectivity index (χ3n) is 4.82. The molecule has 4 rings (SSSR count). The zero-order valence-corrected chi connectivity index (χ0v) is 16.1. The minimum atomic E-state index is 0.559. The van der Waals surface area contributed by atoms with Gasteiger partial charge >= 0.3 is 0 Å². The van der Waals surface area contributed by atoms with E-state index in [9.17, 15) is 0 Å². The zero-order chi connectivity index (χ0) is 19.3. The molecule has 1 N–H and O–H groups in total. The van der Waals surface area contributed by atoms with Crippen molar-refractivity contribution in [1.82, 2.24) is 9.97 Å². The highest BCUT2D eigenvalue weighted by Gasteiger charge is 2.17. The maximum Gasteiger partial charge on any atom is 0.228 e. The maximum absolute atomic E-state index is 5.54. The van der Waals surface area contributed by atoms with Gasteiger partial charge in [-0.1, -0.05) is 24.3 Å². The molecule has 0 radical (unpaired) electrons. The number of nitrogens with zero attached hydrogens (tertiary/aromatic N) is 3. The molecule has 0 unspecified atom stereocenters. The minimum Gasteiger partial charge on any atom is -0.493 e. The Kier molecular flexibility index (Phi) is 5.43. The van der Waals surface area contributed by atoms with E-state index in [2.05, 4.69) is 10.2 Å². The lowest BCUT2D eigenvalue weighted by molar-refractivity contribution is 0.122. The monoisotopic (exact) mass is 380 g/mol. The van der Waals surface area contributed by atoms with Crippen LogP contribution in [0.5, 0.6) is 11.5 Å². The summed E-state index contributed by atoms with van der Waals surface area (Å²) in [6.07, 6.45) is 0. The van der Waals surface area contributed by atoms with E-state index in [1.165, 1.54) is 0 Å². The molecule has 0 aliphatic carbocycles. The molecule has 0 saturated carbocycles. The lowest BCUT2D eigenvalue weighted by Crippen LogP contribution is -2.37. The molecule has 1 fully saturated rings. The first-order valence-corrected chi connectivity index (χ1v) is 9.33. The fourth-order valence-electron chi connectivity index (χ4n) is 3.38. The predicted molar refractivity (Wildman–Crippen MR) is 109 cm³/mol. The van der Waals surface area contributed by atoms with Crippen molar-refractivity contribution >= 4 is 22.7 Å². The van der Waals surface area contributed by atoms with Gasteiger partial charge in [-0.15, -0.1) is 0 Å². The smallest absolute Gasteiger partial charge is 0.228 e. The van der Waals surface area contributed by atoms with Crippen molar-refractivity contribution in [2.45, 2.75) is 6.54 Å². The SMILES string of the molecule is COc1cccc(CNc2nc(N3CCOCC3)nc3ccccc23)c1OC. The fraction of sp³-hybridized carbons (Fsp3) is 0.333. The summed E-state index contributed by atoms with van der Waals surface area (Å²) in [6, 6.07) is 13.9. The van der Waals surface area contributed by atoms with E-state index in [-0.39, 0.29) is 0 Å². The molecule has 1 aromatic heterocycles. The van der Waals surface area contributed by atoms with E-state index < -0.39 is 0 Å². The Balaban J connectivity index is 1.66. The third kappa shape index (κ3) is 3.66. The Hall–Kier alpha value is -3.06. The number of hydrogen-bond donors (Lipinski definition) is 1. The van der Waals surface area contributed by atoms with E-state index in [0.29, 0.717) is 25.5 Å². The molecular weight excluding hydrogens is 356 g/mol. The Morgan fingerprint density at radius 1 is 1.00 bits per heavy atom. The lowest BCUT2D eigenvalue weighted by atomic mass is 10.1. The quantitative estimate of drug-likeness (QED) is 0.705. The highest BCUT2D eigenvalue weighted by atomic mass is 16.5. The van der Waals surface area contributed by atoms with Crippen molar-refractivity contribution in [3.8, 4) is 11.5 Å². The average molecular weight is 380 g/mol. The second-order valence-electron chi connectivity index (χ2n) is 6.49. The van der Waals surface area contributed by atoms with Gasteiger partial charge in [0.1, 0.15) is 5.82 Å². The molecule has 0 bridgehead atoms. The molecule has 146 valence electrons. The van der Waals surface area contributed by atoms with Crippen LogP contribution in [0.4, 0.5) is 11.8 Å². The number of hydrogen-bond acceptors (Lipinski definition) is 7. The summed E-state index contributed by atoms with van der Waals surface area (Å²) in [6.45, 7) is 3.53. The van der Waals surface area contributed by atoms with Crippen LogP contribution < -0.4 is 19.7 Å². The zero-order valence-electron chi connectivity index (χ0n) is 16.1. The molecule has 0 amide bonds. The van der Waals surface area contributed by atoms with Crippen LogP contribution in [0.2, 0.25) is 0 Å². The number of para-hydroxylation sites is 2. The highest BCUT2D eigenvalue weighted by Crippen LogP contribution is 2.32. The van der Waals surface area contributed by atoms with Crippen LogP contribution in [0.15, 0.2) is 42.5 Å². The number of ether oxygens (including phenoxy) is 3. The number of rotatable bonds is 6. The predicted octanol–water partition coefficient (Wildman–Crippen LogP) is 3.10. The van der Waals surface area contributed by atoms with Gasteiger partial charge in [-0.25, -0.2) is 4.98 Å². The van der Waals surface area contributed by atoms with Gasteiger partial charge in [0.15, 0.2) is 11.5 Å². The molecule has 0 atom stereocenters. The summed E-state index contributed by atoms with van der Waals surface area (Å²) in [7, 11) is 3.29. The first-order valence-electron chi connectivity index (χ1n) is 9.33. The number of fused-ring (bicyclic) bond motifs is 1. The van der Waals surface area contributed by atoms with Gasteiger partial charge in [0.05, 0.1) is 33.0 Å². The Labute approximate surface area is 164 Å². The molecule has 1 saturated heterocycles. The molecule has 3 aromatic rings. The van der Waals surface area contributed by atoms with Gasteiger partial charge < -0.3 is 24.4 Å². The minimum absolute atomic E-state index is 0.559. The van der Waals surface area contributed by atoms with Crippen LogP contribution >= 0.6 is 0 Å². The van der Waals surface area contributed by atoms with E-state index in [1.807, 2.05) is 42.5 Å². The second kappa shape index (κ2) is 8.31. The van der Waals surface area contributed by atoms with Gasteiger partial charge in [-0.3, -0.25) is 0 Å². The highest BCUT2D eigenvalue weighted by molar-refractivity contribution is 5.90. The van der Waals surface area contributed by atoms with Crippen LogP contribution in [-0.2, 0) is 11.3 Å². The van der Waals surface area contributed by atoms with E-state index >= 15 is 0 Å². The van der Waals surface area contributed by atoms with E-state index in [1.54, 1.807) is 14.2 Å². The lowest BCUT2D eigenvalue weighted by Gasteiger charge is -2.27. The second-order valence-corrected chi connectivity index (χ2v) is 6.49. The summed E-state index contributed by atoms with van der Waals surface area (Å²) in [5, 5.41) is 4.45. The molecular formula is C21H24N4O3. The number of morpholine rings is 1. The van der Waals surface area contributed by atoms with Crippen molar-refractivity contribution in [1.29, 1.82) is 0 Å². The van der Waals surface area contributed by atoms with Crippen LogP contribution in [0.1, 0.15) is 5.56 Å². The van der Waals surface area contributed by atoms with Crippen molar-refractivity contribution in [2.24, 2.45) is 0 Å². The summed E-state index contributed by atoms with van der Waals surface area (Å²) < 4.78 is 16.4. The van der Waals surface area contributed by atoms with Gasteiger partial charge in [0.25, 0.3) is 0 Å². The van der Waals surface area contributed by atoms with Crippen LogP contribution in [0.3, 0.4) is 0 Å². The fourth-order valence-corrected chi connectivity index (χ4v) is 3.38. The standard InChI is InChI=1S/C21H24N4O3/c1-26-18-9-5-6-15(19(18)27-2)14-22-20-16-7-3-4-8-17(16)23-21(24-20)25-10-12-28-13-11-25/h3-9H,10-14H2,1-2H3,(H,22,23,24). The summed E-state index contributed by atoms with van der Waals surface area (Å²) in [5.74, 6) is 2.96. The first kappa shape index (κ1) is 18.3. The van der Waals surface area contributed by atoms with E-state index in [4.69, 9.17) is 24.2 Å². The molecule has 28 heavy (non-hydrogen) atoms. The van der Waals surface area contributed by atoms with Crippen LogP contribution in [-0.4, -0.2) is 50.5 Å². The third-order valence-corrected chi connectivity index (χ3v) is 4.82. The van der Waals surface area contributed by atoms with E-state index in [0.717, 1.165) is 47.1 Å². The average Bonchev–Trinajstić information content (AvgIpc) is 2.77.